The average molecular weight is 417 g/mol. The first-order chi connectivity index (χ1) is 14.3. The number of hydrogen-bond donors (Lipinski definition) is 1. The zero-order valence-electron chi connectivity index (χ0n) is 16.2. The number of halogens is 2. The summed E-state index contributed by atoms with van der Waals surface area (Å²) in [5.41, 5.74) is 1.44. The van der Waals surface area contributed by atoms with E-state index in [1.807, 2.05) is 30.3 Å². The third-order valence-electron chi connectivity index (χ3n) is 3.97. The predicted octanol–water partition coefficient (Wildman–Crippen LogP) is 3.16. The van der Waals surface area contributed by atoms with Gasteiger partial charge in [0.05, 0.1) is 6.04 Å². The van der Waals surface area contributed by atoms with E-state index >= 15 is 0 Å². The number of amides is 1. The Morgan fingerprint density at radius 1 is 1.03 bits per heavy atom. The second kappa shape index (κ2) is 11.5. The zero-order valence-corrected chi connectivity index (χ0v) is 16.2. The molecule has 2 rings (SSSR count). The van der Waals surface area contributed by atoms with Crippen molar-refractivity contribution in [1.82, 2.24) is 5.32 Å². The fraction of sp³-hybridized carbons (Fsp3) is 0.227. The second-order valence-electron chi connectivity index (χ2n) is 6.31. The van der Waals surface area contributed by atoms with Crippen LogP contribution >= 0.6 is 0 Å². The van der Waals surface area contributed by atoms with Crippen LogP contribution < -0.4 is 10.1 Å². The zero-order chi connectivity index (χ0) is 21.9. The Morgan fingerprint density at radius 2 is 1.70 bits per heavy atom. The SMILES string of the molecule is CC(=O)[C@H](Cc1ccccc1)NC(=O)COC(=O)/C=C/c1ccc(OC(F)F)cc1. The van der Waals surface area contributed by atoms with Crippen molar-refractivity contribution in [3.63, 3.8) is 0 Å². The molecule has 0 aromatic heterocycles. The molecule has 0 aliphatic carbocycles. The first kappa shape index (κ1) is 22.7. The van der Waals surface area contributed by atoms with Gasteiger partial charge in [0.2, 0.25) is 0 Å². The second-order valence-corrected chi connectivity index (χ2v) is 6.31. The number of ether oxygens (including phenoxy) is 2. The number of alkyl halides is 2. The van der Waals surface area contributed by atoms with Crippen LogP contribution in [0.5, 0.6) is 5.75 Å². The molecule has 0 bridgehead atoms. The topological polar surface area (TPSA) is 81.7 Å². The van der Waals surface area contributed by atoms with E-state index in [4.69, 9.17) is 4.74 Å². The molecule has 0 heterocycles. The van der Waals surface area contributed by atoms with Gasteiger partial charge in [-0.1, -0.05) is 42.5 Å². The van der Waals surface area contributed by atoms with Gasteiger partial charge < -0.3 is 14.8 Å². The van der Waals surface area contributed by atoms with E-state index in [1.165, 1.54) is 37.3 Å². The molecule has 1 amide bonds. The van der Waals surface area contributed by atoms with Gasteiger partial charge in [0.1, 0.15) is 5.75 Å². The minimum Gasteiger partial charge on any atom is -0.452 e. The number of nitrogens with one attached hydrogen (secondary N) is 1. The van der Waals surface area contributed by atoms with Gasteiger partial charge in [0.25, 0.3) is 5.91 Å². The quantitative estimate of drug-likeness (QED) is 0.474. The van der Waals surface area contributed by atoms with Crippen LogP contribution in [0.15, 0.2) is 60.7 Å². The molecule has 6 nitrogen and oxygen atoms in total. The summed E-state index contributed by atoms with van der Waals surface area (Å²) in [5.74, 6) is -1.57. The van der Waals surface area contributed by atoms with Gasteiger partial charge in [-0.15, -0.1) is 0 Å². The number of Topliss-reactive ketones (excluding diaryl/α,β-unsaturated/α-hetero) is 1. The highest BCUT2D eigenvalue weighted by atomic mass is 19.3. The molecule has 0 unspecified atom stereocenters. The summed E-state index contributed by atoms with van der Waals surface area (Å²) in [5, 5.41) is 2.55. The van der Waals surface area contributed by atoms with Gasteiger partial charge >= 0.3 is 12.6 Å². The Hall–Kier alpha value is -3.55. The number of esters is 1. The summed E-state index contributed by atoms with van der Waals surface area (Å²) in [6, 6.07) is 14.1. The highest BCUT2D eigenvalue weighted by Gasteiger charge is 2.18. The fourth-order valence-corrected chi connectivity index (χ4v) is 2.49. The smallest absolute Gasteiger partial charge is 0.387 e. The van der Waals surface area contributed by atoms with E-state index in [1.54, 1.807) is 0 Å². The Bertz CT molecular complexity index is 882. The lowest BCUT2D eigenvalue weighted by molar-refractivity contribution is -0.144. The fourth-order valence-electron chi connectivity index (χ4n) is 2.49. The Balaban J connectivity index is 1.80. The van der Waals surface area contributed by atoms with Gasteiger partial charge in [-0.3, -0.25) is 9.59 Å². The van der Waals surface area contributed by atoms with E-state index in [0.717, 1.165) is 11.6 Å². The molecule has 0 aliphatic heterocycles. The summed E-state index contributed by atoms with van der Waals surface area (Å²) < 4.78 is 33.3. The van der Waals surface area contributed by atoms with E-state index < -0.39 is 31.1 Å². The molecule has 0 fully saturated rings. The maximum absolute atomic E-state index is 12.1. The number of carbonyl (C=O) groups excluding carboxylic acids is 3. The van der Waals surface area contributed by atoms with Gasteiger partial charge in [-0.05, 0) is 42.7 Å². The lowest BCUT2D eigenvalue weighted by Crippen LogP contribution is -2.43. The Morgan fingerprint density at radius 3 is 2.30 bits per heavy atom. The van der Waals surface area contributed by atoms with Crippen molar-refractivity contribution in [3.05, 3.63) is 71.8 Å². The molecule has 2 aromatic carbocycles. The van der Waals surface area contributed by atoms with Crippen molar-refractivity contribution >= 4 is 23.7 Å². The van der Waals surface area contributed by atoms with Crippen LogP contribution in [0.25, 0.3) is 6.08 Å². The maximum atomic E-state index is 12.1. The standard InChI is InChI=1S/C22H21F2NO5/c1-15(26)19(13-17-5-3-2-4-6-17)25-20(27)14-29-21(28)12-9-16-7-10-18(11-8-16)30-22(23)24/h2-12,19,22H,13-14H2,1H3,(H,25,27)/b12-9+/t19-/m0/s1. The number of carbonyl (C=O) groups is 3. The molecule has 0 saturated heterocycles. The summed E-state index contributed by atoms with van der Waals surface area (Å²) in [6.45, 7) is -2.08. The predicted molar refractivity (Wildman–Crippen MR) is 106 cm³/mol. The van der Waals surface area contributed by atoms with Crippen LogP contribution in [0, 0.1) is 0 Å². The Kier molecular flexibility index (Phi) is 8.68. The summed E-state index contributed by atoms with van der Waals surface area (Å²) in [6.07, 6.45) is 2.84. The van der Waals surface area contributed by atoms with Crippen LogP contribution in [0.2, 0.25) is 0 Å². The summed E-state index contributed by atoms with van der Waals surface area (Å²) in [4.78, 5) is 35.6. The molecule has 158 valence electrons. The molecule has 1 N–H and O–H groups in total. The third-order valence-corrected chi connectivity index (χ3v) is 3.97. The van der Waals surface area contributed by atoms with Crippen molar-refractivity contribution in [2.45, 2.75) is 26.0 Å². The van der Waals surface area contributed by atoms with Crippen LogP contribution in [-0.4, -0.2) is 36.9 Å². The number of rotatable bonds is 10. The normalized spacial score (nSPS) is 11.9. The van der Waals surface area contributed by atoms with Gasteiger partial charge in [-0.2, -0.15) is 8.78 Å². The molecule has 1 atom stereocenters. The first-order valence-corrected chi connectivity index (χ1v) is 9.07. The number of benzene rings is 2. The monoisotopic (exact) mass is 417 g/mol. The van der Waals surface area contributed by atoms with Gasteiger partial charge in [0.15, 0.2) is 12.4 Å². The lowest BCUT2D eigenvalue weighted by atomic mass is 10.0. The molecule has 0 spiro atoms. The first-order valence-electron chi connectivity index (χ1n) is 9.07. The minimum atomic E-state index is -2.91. The van der Waals surface area contributed by atoms with E-state index in [2.05, 4.69) is 10.1 Å². The largest absolute Gasteiger partial charge is 0.452 e. The van der Waals surface area contributed by atoms with Crippen LogP contribution in [0.1, 0.15) is 18.1 Å². The van der Waals surface area contributed by atoms with Crippen molar-refractivity contribution < 1.29 is 32.6 Å². The number of ketones is 1. The molecule has 0 radical (unpaired) electrons. The van der Waals surface area contributed by atoms with Crippen LogP contribution in [-0.2, 0) is 25.5 Å². The molecule has 0 saturated carbocycles. The van der Waals surface area contributed by atoms with E-state index in [-0.39, 0.29) is 11.5 Å². The number of hydrogen-bond acceptors (Lipinski definition) is 5. The average Bonchev–Trinajstić information content (AvgIpc) is 2.71. The van der Waals surface area contributed by atoms with Crippen LogP contribution in [0.4, 0.5) is 8.78 Å². The minimum absolute atomic E-state index is 0.00285. The maximum Gasteiger partial charge on any atom is 0.387 e. The highest BCUT2D eigenvalue weighted by molar-refractivity contribution is 5.91. The van der Waals surface area contributed by atoms with Crippen molar-refractivity contribution in [3.8, 4) is 5.75 Å². The molecule has 0 aliphatic rings. The highest BCUT2D eigenvalue weighted by Crippen LogP contribution is 2.15. The van der Waals surface area contributed by atoms with Crippen LogP contribution in [0.3, 0.4) is 0 Å². The van der Waals surface area contributed by atoms with Crippen molar-refractivity contribution in [2.75, 3.05) is 6.61 Å². The summed E-state index contributed by atoms with van der Waals surface area (Å²) in [7, 11) is 0. The van der Waals surface area contributed by atoms with Crippen molar-refractivity contribution in [2.24, 2.45) is 0 Å². The summed E-state index contributed by atoms with van der Waals surface area (Å²) >= 11 is 0. The van der Waals surface area contributed by atoms with E-state index in [0.29, 0.717) is 12.0 Å². The lowest BCUT2D eigenvalue weighted by Gasteiger charge is -2.16. The molecule has 8 heteroatoms. The molecular weight excluding hydrogens is 396 g/mol. The van der Waals surface area contributed by atoms with Crippen molar-refractivity contribution in [1.29, 1.82) is 0 Å². The molecular formula is C22H21F2NO5. The van der Waals surface area contributed by atoms with Gasteiger partial charge in [0, 0.05) is 6.08 Å². The van der Waals surface area contributed by atoms with Gasteiger partial charge in [-0.25, -0.2) is 4.79 Å². The third kappa shape index (κ3) is 8.22. The molecule has 2 aromatic rings. The van der Waals surface area contributed by atoms with E-state index in [9.17, 15) is 23.2 Å². The molecule has 30 heavy (non-hydrogen) atoms. The Labute approximate surface area is 172 Å².